The molecule has 0 spiro atoms. The van der Waals surface area contributed by atoms with E-state index in [4.69, 9.17) is 4.74 Å². The highest BCUT2D eigenvalue weighted by Gasteiger charge is 2.30. The normalized spacial score (nSPS) is 13.9. The molecule has 0 atom stereocenters. The van der Waals surface area contributed by atoms with Crippen LogP contribution in [0.2, 0.25) is 0 Å². The summed E-state index contributed by atoms with van der Waals surface area (Å²) in [6, 6.07) is 23.0. The molecule has 1 heterocycles. The van der Waals surface area contributed by atoms with Gasteiger partial charge in [-0.25, -0.2) is 0 Å². The van der Waals surface area contributed by atoms with Crippen molar-refractivity contribution < 1.29 is 14.3 Å². The van der Waals surface area contributed by atoms with E-state index in [1.807, 2.05) is 61.5 Å². The number of amides is 2. The molecule has 0 bridgehead atoms. The number of hydrogen-bond acceptors (Lipinski definition) is 4. The second-order valence-corrected chi connectivity index (χ2v) is 9.85. The molecule has 0 saturated carbocycles. The van der Waals surface area contributed by atoms with Crippen LogP contribution in [0.5, 0.6) is 5.75 Å². The fourth-order valence-corrected chi connectivity index (χ4v) is 4.49. The minimum absolute atomic E-state index is 0.0938. The first-order valence-electron chi connectivity index (χ1n) is 13.4. The molecule has 0 unspecified atom stereocenters. The lowest BCUT2D eigenvalue weighted by Gasteiger charge is -2.30. The summed E-state index contributed by atoms with van der Waals surface area (Å²) >= 11 is 0. The number of anilines is 1. The standard InChI is InChI=1S/C32H37N3O3/c1-4-5-19-34(3)20-9-18-33-31(36)27-16-14-25(15-17-27)22-30-32(37)35(23-26-11-8-10-24(2)21-26)28-12-6-7-13-29(28)38-30/h6-8,10-17,21-22H,4-5,9,18-20,23H2,1-3H3,(H,33,36)/b30-22+. The van der Waals surface area contributed by atoms with Crippen LogP contribution in [0.15, 0.2) is 78.6 Å². The van der Waals surface area contributed by atoms with Gasteiger partial charge in [-0.3, -0.25) is 14.5 Å². The van der Waals surface area contributed by atoms with Gasteiger partial charge in [-0.15, -0.1) is 0 Å². The Morgan fingerprint density at radius 3 is 2.53 bits per heavy atom. The molecule has 3 aromatic carbocycles. The lowest BCUT2D eigenvalue weighted by Crippen LogP contribution is -2.36. The number of unbranched alkanes of at least 4 members (excludes halogenated alkanes) is 1. The van der Waals surface area contributed by atoms with Gasteiger partial charge in [0.05, 0.1) is 12.2 Å². The number of benzene rings is 3. The molecule has 38 heavy (non-hydrogen) atoms. The van der Waals surface area contributed by atoms with Crippen LogP contribution >= 0.6 is 0 Å². The Morgan fingerprint density at radius 2 is 1.76 bits per heavy atom. The number of carbonyl (C=O) groups excluding carboxylic acids is 2. The van der Waals surface area contributed by atoms with E-state index in [1.54, 1.807) is 23.1 Å². The first kappa shape index (κ1) is 27.1. The Bertz CT molecular complexity index is 1280. The maximum Gasteiger partial charge on any atom is 0.294 e. The van der Waals surface area contributed by atoms with E-state index < -0.39 is 0 Å². The van der Waals surface area contributed by atoms with Crippen LogP contribution < -0.4 is 15.0 Å². The first-order valence-corrected chi connectivity index (χ1v) is 13.4. The fourth-order valence-electron chi connectivity index (χ4n) is 4.49. The van der Waals surface area contributed by atoms with Gasteiger partial charge in [-0.2, -0.15) is 0 Å². The lowest BCUT2D eigenvalue weighted by molar-refractivity contribution is -0.117. The van der Waals surface area contributed by atoms with Crippen LogP contribution in [0.1, 0.15) is 53.2 Å². The number of ether oxygens (including phenoxy) is 1. The van der Waals surface area contributed by atoms with Gasteiger partial charge in [-0.05, 0) is 81.4 Å². The molecule has 6 nitrogen and oxygen atoms in total. The predicted molar refractivity (Wildman–Crippen MR) is 153 cm³/mol. The molecule has 0 radical (unpaired) electrons. The molecule has 3 aromatic rings. The van der Waals surface area contributed by atoms with Crippen molar-refractivity contribution in [3.05, 3.63) is 101 Å². The number of aryl methyl sites for hydroxylation is 1. The molecule has 0 aromatic heterocycles. The van der Waals surface area contributed by atoms with Gasteiger partial charge in [0.15, 0.2) is 11.5 Å². The molecular formula is C32H37N3O3. The Labute approximate surface area is 225 Å². The van der Waals surface area contributed by atoms with E-state index in [1.165, 1.54) is 12.8 Å². The van der Waals surface area contributed by atoms with E-state index in [0.717, 1.165) is 41.9 Å². The van der Waals surface area contributed by atoms with Crippen LogP contribution in [-0.2, 0) is 11.3 Å². The van der Waals surface area contributed by atoms with Crippen LogP contribution in [0.4, 0.5) is 5.69 Å². The van der Waals surface area contributed by atoms with Gasteiger partial charge in [0.25, 0.3) is 11.8 Å². The summed E-state index contributed by atoms with van der Waals surface area (Å²) < 4.78 is 6.01. The number of nitrogens with one attached hydrogen (secondary N) is 1. The smallest absolute Gasteiger partial charge is 0.294 e. The van der Waals surface area contributed by atoms with E-state index in [-0.39, 0.29) is 17.6 Å². The second-order valence-electron chi connectivity index (χ2n) is 9.85. The highest BCUT2D eigenvalue weighted by Crippen LogP contribution is 2.36. The van der Waals surface area contributed by atoms with E-state index >= 15 is 0 Å². The zero-order valence-corrected chi connectivity index (χ0v) is 22.6. The Balaban J connectivity index is 1.42. The summed E-state index contributed by atoms with van der Waals surface area (Å²) in [7, 11) is 2.12. The summed E-state index contributed by atoms with van der Waals surface area (Å²) in [6.45, 7) is 7.37. The van der Waals surface area contributed by atoms with E-state index in [2.05, 4.69) is 30.3 Å². The van der Waals surface area contributed by atoms with Crippen molar-refractivity contribution >= 4 is 23.6 Å². The molecule has 0 aliphatic carbocycles. The molecule has 1 N–H and O–H groups in total. The third-order valence-corrected chi connectivity index (χ3v) is 6.62. The number of fused-ring (bicyclic) bond motifs is 1. The summed E-state index contributed by atoms with van der Waals surface area (Å²) in [5.74, 6) is 0.600. The van der Waals surface area contributed by atoms with Crippen molar-refractivity contribution in [3.63, 3.8) is 0 Å². The number of carbonyl (C=O) groups is 2. The lowest BCUT2D eigenvalue weighted by atomic mass is 10.1. The van der Waals surface area contributed by atoms with Gasteiger partial charge in [0, 0.05) is 12.1 Å². The molecule has 1 aliphatic heterocycles. The van der Waals surface area contributed by atoms with E-state index in [0.29, 0.717) is 24.4 Å². The van der Waals surface area contributed by atoms with Crippen molar-refractivity contribution in [2.45, 2.75) is 39.7 Å². The third-order valence-electron chi connectivity index (χ3n) is 6.62. The summed E-state index contributed by atoms with van der Waals surface area (Å²) in [5.41, 5.74) is 4.33. The van der Waals surface area contributed by atoms with E-state index in [9.17, 15) is 9.59 Å². The SMILES string of the molecule is CCCCN(C)CCCNC(=O)c1ccc(/C=C2/Oc3ccccc3N(Cc3cccc(C)c3)C2=O)cc1. The Kier molecular flexibility index (Phi) is 9.33. The molecule has 0 fully saturated rings. The maximum absolute atomic E-state index is 13.5. The fraction of sp³-hybridized carbons (Fsp3) is 0.312. The monoisotopic (exact) mass is 511 g/mol. The van der Waals surface area contributed by atoms with Gasteiger partial charge in [0.2, 0.25) is 0 Å². The van der Waals surface area contributed by atoms with Gasteiger partial charge >= 0.3 is 0 Å². The van der Waals surface area contributed by atoms with Crippen molar-refractivity contribution in [2.75, 3.05) is 31.6 Å². The molecule has 1 aliphatic rings. The maximum atomic E-state index is 13.5. The number of nitrogens with zero attached hydrogens (tertiary/aromatic N) is 2. The topological polar surface area (TPSA) is 61.9 Å². The molecule has 0 saturated heterocycles. The predicted octanol–water partition coefficient (Wildman–Crippen LogP) is 5.81. The van der Waals surface area contributed by atoms with Crippen LogP contribution in [0, 0.1) is 6.92 Å². The molecule has 198 valence electrons. The molecule has 2 amide bonds. The largest absolute Gasteiger partial charge is 0.449 e. The Morgan fingerprint density at radius 1 is 1.00 bits per heavy atom. The average Bonchev–Trinajstić information content (AvgIpc) is 2.92. The third kappa shape index (κ3) is 7.11. The minimum atomic E-state index is -0.198. The van der Waals surface area contributed by atoms with Crippen molar-refractivity contribution in [1.82, 2.24) is 10.2 Å². The van der Waals surface area contributed by atoms with Crippen molar-refractivity contribution in [2.24, 2.45) is 0 Å². The zero-order chi connectivity index (χ0) is 26.9. The summed E-state index contributed by atoms with van der Waals surface area (Å²) in [4.78, 5) is 30.1. The van der Waals surface area contributed by atoms with Gasteiger partial charge in [0.1, 0.15) is 0 Å². The number of para-hydroxylation sites is 2. The molecular weight excluding hydrogens is 474 g/mol. The number of hydrogen-bond donors (Lipinski definition) is 1. The van der Waals surface area contributed by atoms with Crippen LogP contribution in [0.3, 0.4) is 0 Å². The second kappa shape index (κ2) is 13.1. The van der Waals surface area contributed by atoms with Crippen LogP contribution in [0.25, 0.3) is 6.08 Å². The Hall–Kier alpha value is -3.90. The summed E-state index contributed by atoms with van der Waals surface area (Å²) in [5, 5.41) is 3.00. The van der Waals surface area contributed by atoms with Gasteiger partial charge < -0.3 is 15.0 Å². The number of rotatable bonds is 11. The summed E-state index contributed by atoms with van der Waals surface area (Å²) in [6.07, 6.45) is 5.03. The average molecular weight is 512 g/mol. The van der Waals surface area contributed by atoms with Gasteiger partial charge in [-0.1, -0.05) is 67.4 Å². The van der Waals surface area contributed by atoms with Crippen molar-refractivity contribution in [1.29, 1.82) is 0 Å². The molecule has 4 rings (SSSR count). The zero-order valence-electron chi connectivity index (χ0n) is 22.6. The molecule has 6 heteroatoms. The highest BCUT2D eigenvalue weighted by atomic mass is 16.5. The van der Waals surface area contributed by atoms with Crippen molar-refractivity contribution in [3.8, 4) is 5.75 Å². The first-order chi connectivity index (χ1) is 18.4. The highest BCUT2D eigenvalue weighted by molar-refractivity contribution is 6.09. The minimum Gasteiger partial charge on any atom is -0.449 e. The quantitative estimate of drug-likeness (QED) is 0.261. The van der Waals surface area contributed by atoms with Crippen LogP contribution in [-0.4, -0.2) is 43.4 Å².